The van der Waals surface area contributed by atoms with Crippen LogP contribution in [-0.2, 0) is 0 Å². The van der Waals surface area contributed by atoms with Gasteiger partial charge in [-0.15, -0.1) is 6.58 Å². The number of hydrogen-bond acceptors (Lipinski definition) is 2. The molecule has 0 saturated carbocycles. The van der Waals surface area contributed by atoms with Crippen LogP contribution in [0.5, 0.6) is 5.75 Å². The van der Waals surface area contributed by atoms with Gasteiger partial charge in [0.1, 0.15) is 5.75 Å². The van der Waals surface area contributed by atoms with Gasteiger partial charge >= 0.3 is 0 Å². The first-order valence-corrected chi connectivity index (χ1v) is 3.83. The van der Waals surface area contributed by atoms with E-state index in [9.17, 15) is 5.11 Å². The van der Waals surface area contributed by atoms with Crippen molar-refractivity contribution in [3.8, 4) is 5.75 Å². The molecule has 64 valence electrons. The van der Waals surface area contributed by atoms with Crippen molar-refractivity contribution in [3.05, 3.63) is 42.0 Å². The average molecular weight is 163 g/mol. The quantitative estimate of drug-likeness (QED) is 0.654. The Hall–Kier alpha value is -1.28. The lowest BCUT2D eigenvalue weighted by Gasteiger charge is -2.09. The summed E-state index contributed by atoms with van der Waals surface area (Å²) in [5.41, 5.74) is 7.50. The molecule has 1 rings (SSSR count). The fourth-order valence-corrected chi connectivity index (χ4v) is 1.07. The highest BCUT2D eigenvalue weighted by Gasteiger charge is 2.06. The molecule has 0 fully saturated rings. The van der Waals surface area contributed by atoms with E-state index in [2.05, 4.69) is 6.58 Å². The van der Waals surface area contributed by atoms with Crippen LogP contribution in [0, 0.1) is 6.92 Å². The number of phenolic OH excluding ortho intramolecular Hbond substituents is 1. The number of aryl methyl sites for hydroxylation is 1. The zero-order valence-corrected chi connectivity index (χ0v) is 7.12. The van der Waals surface area contributed by atoms with Crippen LogP contribution < -0.4 is 5.73 Å². The number of benzene rings is 1. The van der Waals surface area contributed by atoms with Gasteiger partial charge in [0.05, 0.1) is 6.04 Å². The lowest BCUT2D eigenvalue weighted by Crippen LogP contribution is -2.06. The van der Waals surface area contributed by atoms with Crippen molar-refractivity contribution >= 4 is 0 Å². The Morgan fingerprint density at radius 3 is 2.83 bits per heavy atom. The monoisotopic (exact) mass is 163 g/mol. The molecule has 0 heterocycles. The van der Waals surface area contributed by atoms with Gasteiger partial charge in [-0.25, -0.2) is 0 Å². The third-order valence-corrected chi connectivity index (χ3v) is 1.80. The first-order valence-electron chi connectivity index (χ1n) is 3.83. The van der Waals surface area contributed by atoms with E-state index >= 15 is 0 Å². The number of nitrogens with two attached hydrogens (primary N) is 1. The molecule has 0 aliphatic carbocycles. The molecule has 2 nitrogen and oxygen atoms in total. The van der Waals surface area contributed by atoms with Crippen LogP contribution in [0.1, 0.15) is 17.2 Å². The summed E-state index contributed by atoms with van der Waals surface area (Å²) < 4.78 is 0. The largest absolute Gasteiger partial charge is 0.508 e. The molecule has 1 aromatic rings. The van der Waals surface area contributed by atoms with E-state index in [1.165, 1.54) is 0 Å². The fourth-order valence-electron chi connectivity index (χ4n) is 1.07. The van der Waals surface area contributed by atoms with Gasteiger partial charge in [-0.3, -0.25) is 0 Å². The normalized spacial score (nSPS) is 12.5. The summed E-state index contributed by atoms with van der Waals surface area (Å²) in [7, 11) is 0. The van der Waals surface area contributed by atoms with Crippen LogP contribution in [0.2, 0.25) is 0 Å². The van der Waals surface area contributed by atoms with Crippen molar-refractivity contribution in [1.82, 2.24) is 0 Å². The highest BCUT2D eigenvalue weighted by Crippen LogP contribution is 2.23. The van der Waals surface area contributed by atoms with Crippen LogP contribution in [0.3, 0.4) is 0 Å². The fraction of sp³-hybridized carbons (Fsp3) is 0.200. The van der Waals surface area contributed by atoms with Gasteiger partial charge in [-0.05, 0) is 13.0 Å². The molecule has 0 spiro atoms. The molecule has 0 aliphatic heterocycles. The molecule has 1 atom stereocenters. The summed E-state index contributed by atoms with van der Waals surface area (Å²) in [5.74, 6) is 0.230. The molecular formula is C10H13NO. The van der Waals surface area contributed by atoms with E-state index in [0.717, 1.165) is 11.1 Å². The molecule has 0 saturated heterocycles. The maximum atomic E-state index is 9.41. The van der Waals surface area contributed by atoms with Crippen molar-refractivity contribution in [1.29, 1.82) is 0 Å². The van der Waals surface area contributed by atoms with Gasteiger partial charge in [0.15, 0.2) is 0 Å². The smallest absolute Gasteiger partial charge is 0.120 e. The molecule has 0 radical (unpaired) electrons. The van der Waals surface area contributed by atoms with E-state index in [0.29, 0.717) is 0 Å². The lowest BCUT2D eigenvalue weighted by atomic mass is 10.0. The maximum Gasteiger partial charge on any atom is 0.120 e. The molecule has 0 amide bonds. The molecular weight excluding hydrogens is 150 g/mol. The molecule has 1 aromatic carbocycles. The highest BCUT2D eigenvalue weighted by atomic mass is 16.3. The molecule has 2 heteroatoms. The number of hydrogen-bond donors (Lipinski definition) is 2. The second-order valence-electron chi connectivity index (χ2n) is 2.82. The summed E-state index contributed by atoms with van der Waals surface area (Å²) in [6.07, 6.45) is 1.61. The minimum atomic E-state index is -0.287. The minimum Gasteiger partial charge on any atom is -0.508 e. The predicted molar refractivity (Wildman–Crippen MR) is 50.0 cm³/mol. The molecule has 12 heavy (non-hydrogen) atoms. The van der Waals surface area contributed by atoms with Crippen molar-refractivity contribution in [2.45, 2.75) is 13.0 Å². The average Bonchev–Trinajstić information content (AvgIpc) is 2.08. The van der Waals surface area contributed by atoms with E-state index in [1.54, 1.807) is 12.1 Å². The number of aromatic hydroxyl groups is 1. The van der Waals surface area contributed by atoms with E-state index in [-0.39, 0.29) is 11.8 Å². The summed E-state index contributed by atoms with van der Waals surface area (Å²) >= 11 is 0. The molecule has 0 aliphatic rings. The van der Waals surface area contributed by atoms with E-state index < -0.39 is 0 Å². The predicted octanol–water partition coefficient (Wildman–Crippen LogP) is 1.89. The second-order valence-corrected chi connectivity index (χ2v) is 2.82. The molecule has 0 bridgehead atoms. The summed E-state index contributed by atoms with van der Waals surface area (Å²) in [5, 5.41) is 9.41. The van der Waals surface area contributed by atoms with Crippen molar-refractivity contribution in [3.63, 3.8) is 0 Å². The number of rotatable bonds is 2. The van der Waals surface area contributed by atoms with Gasteiger partial charge in [0, 0.05) is 5.56 Å². The topological polar surface area (TPSA) is 46.2 Å². The van der Waals surface area contributed by atoms with E-state index in [4.69, 9.17) is 5.73 Å². The molecule has 0 unspecified atom stereocenters. The zero-order chi connectivity index (χ0) is 9.14. The van der Waals surface area contributed by atoms with Crippen LogP contribution in [0.15, 0.2) is 30.9 Å². The van der Waals surface area contributed by atoms with Crippen LogP contribution >= 0.6 is 0 Å². The Balaban J connectivity index is 3.12. The van der Waals surface area contributed by atoms with Crippen molar-refractivity contribution in [2.24, 2.45) is 5.73 Å². The third-order valence-electron chi connectivity index (χ3n) is 1.80. The van der Waals surface area contributed by atoms with Crippen LogP contribution in [0.4, 0.5) is 0 Å². The van der Waals surface area contributed by atoms with Crippen molar-refractivity contribution in [2.75, 3.05) is 0 Å². The first-order chi connectivity index (χ1) is 5.65. The zero-order valence-electron chi connectivity index (χ0n) is 7.12. The van der Waals surface area contributed by atoms with Gasteiger partial charge < -0.3 is 10.8 Å². The second kappa shape index (κ2) is 3.41. The summed E-state index contributed by atoms with van der Waals surface area (Å²) in [6.45, 7) is 5.53. The SMILES string of the molecule is C=C[C@H](N)c1cc(C)ccc1O. The standard InChI is InChI=1S/C10H13NO/c1-3-9(11)8-6-7(2)4-5-10(8)12/h3-6,9,12H,1,11H2,2H3/t9-/m0/s1. The third kappa shape index (κ3) is 1.66. The Morgan fingerprint density at radius 2 is 2.25 bits per heavy atom. The van der Waals surface area contributed by atoms with Crippen LogP contribution in [-0.4, -0.2) is 5.11 Å². The van der Waals surface area contributed by atoms with Gasteiger partial charge in [-0.1, -0.05) is 23.8 Å². The summed E-state index contributed by atoms with van der Waals surface area (Å²) in [4.78, 5) is 0. The van der Waals surface area contributed by atoms with E-state index in [1.807, 2.05) is 19.1 Å². The van der Waals surface area contributed by atoms with Crippen LogP contribution in [0.25, 0.3) is 0 Å². The highest BCUT2D eigenvalue weighted by molar-refractivity contribution is 5.39. The summed E-state index contributed by atoms with van der Waals surface area (Å²) in [6, 6.07) is 5.06. The molecule has 3 N–H and O–H groups in total. The molecule has 0 aromatic heterocycles. The van der Waals surface area contributed by atoms with Gasteiger partial charge in [0.25, 0.3) is 0 Å². The van der Waals surface area contributed by atoms with Gasteiger partial charge in [0.2, 0.25) is 0 Å². The lowest BCUT2D eigenvalue weighted by molar-refractivity contribution is 0.465. The Morgan fingerprint density at radius 1 is 1.58 bits per heavy atom. The Kier molecular flexibility index (Phi) is 2.51. The number of phenols is 1. The Bertz CT molecular complexity index is 294. The first kappa shape index (κ1) is 8.81. The van der Waals surface area contributed by atoms with Gasteiger partial charge in [-0.2, -0.15) is 0 Å². The Labute approximate surface area is 72.3 Å². The maximum absolute atomic E-state index is 9.41. The van der Waals surface area contributed by atoms with Crippen molar-refractivity contribution < 1.29 is 5.11 Å². The minimum absolute atomic E-state index is 0.230.